The van der Waals surface area contributed by atoms with Crippen LogP contribution < -0.4 is 20.7 Å². The van der Waals surface area contributed by atoms with E-state index in [2.05, 4.69) is 4.98 Å². The Kier molecular flexibility index (Phi) is 4.35. The zero-order chi connectivity index (χ0) is 18.1. The number of fused-ring (bicyclic) bond motifs is 1. The fourth-order valence-electron chi connectivity index (χ4n) is 2.95. The minimum absolute atomic E-state index is 0.0500. The summed E-state index contributed by atoms with van der Waals surface area (Å²) in [5.74, 6) is 0.836. The predicted octanol–water partition coefficient (Wildman–Crippen LogP) is 0.289. The molecule has 0 unspecified atom stereocenters. The van der Waals surface area contributed by atoms with E-state index >= 15 is 0 Å². The lowest BCUT2D eigenvalue weighted by Crippen LogP contribution is -2.42. The topological polar surface area (TPSA) is 93.6 Å². The smallest absolute Gasteiger partial charge is 0.328 e. The van der Waals surface area contributed by atoms with E-state index < -0.39 is 17.2 Å². The van der Waals surface area contributed by atoms with Crippen LogP contribution in [0.1, 0.15) is 21.5 Å². The van der Waals surface area contributed by atoms with Gasteiger partial charge in [-0.2, -0.15) is 0 Å². The number of amides is 1. The lowest BCUT2D eigenvalue weighted by Gasteiger charge is -2.29. The van der Waals surface area contributed by atoms with Gasteiger partial charge in [-0.25, -0.2) is 4.79 Å². The maximum atomic E-state index is 12.7. The number of hydrogen-bond acceptors (Lipinski definition) is 5. The highest BCUT2D eigenvalue weighted by Gasteiger charge is 2.25. The standard InChI is InChI=1S/C17H19N3O5/c1-19-15(21)12(8-18-17(19)23)16(22)20-5-4-10-6-13(24-2)14(25-3)7-11(10)9-20/h6-8H,4-5,9H2,1-3H3,(H,18,23). The van der Waals surface area contributed by atoms with Crippen LogP contribution in [0.25, 0.3) is 0 Å². The van der Waals surface area contributed by atoms with Gasteiger partial charge in [-0.05, 0) is 29.7 Å². The molecule has 0 spiro atoms. The third kappa shape index (κ3) is 2.90. The van der Waals surface area contributed by atoms with Crippen LogP contribution in [0.15, 0.2) is 27.9 Å². The highest BCUT2D eigenvalue weighted by Crippen LogP contribution is 2.33. The van der Waals surface area contributed by atoms with Gasteiger partial charge in [0.2, 0.25) is 0 Å². The molecule has 0 atom stereocenters. The third-order valence-corrected chi connectivity index (χ3v) is 4.42. The summed E-state index contributed by atoms with van der Waals surface area (Å²) in [6, 6.07) is 3.76. The van der Waals surface area contributed by atoms with Crippen molar-refractivity contribution >= 4 is 5.91 Å². The van der Waals surface area contributed by atoms with Gasteiger partial charge in [0.15, 0.2) is 11.5 Å². The van der Waals surface area contributed by atoms with E-state index in [-0.39, 0.29) is 5.56 Å². The van der Waals surface area contributed by atoms with Gasteiger partial charge >= 0.3 is 5.69 Å². The number of methoxy groups -OCH3 is 2. The molecule has 1 aromatic carbocycles. The van der Waals surface area contributed by atoms with E-state index in [9.17, 15) is 14.4 Å². The van der Waals surface area contributed by atoms with E-state index in [1.807, 2.05) is 12.1 Å². The summed E-state index contributed by atoms with van der Waals surface area (Å²) in [4.78, 5) is 40.3. The number of carbonyl (C=O) groups excluding carboxylic acids is 1. The Hall–Kier alpha value is -3.03. The van der Waals surface area contributed by atoms with Crippen molar-refractivity contribution in [1.82, 2.24) is 14.5 Å². The van der Waals surface area contributed by atoms with Gasteiger partial charge in [0, 0.05) is 26.3 Å². The van der Waals surface area contributed by atoms with Crippen LogP contribution in [0.2, 0.25) is 0 Å². The van der Waals surface area contributed by atoms with E-state index in [4.69, 9.17) is 9.47 Å². The Labute approximate surface area is 143 Å². The van der Waals surface area contributed by atoms with Crippen molar-refractivity contribution in [2.24, 2.45) is 7.05 Å². The summed E-state index contributed by atoms with van der Waals surface area (Å²) in [6.45, 7) is 0.834. The molecule has 1 aliphatic heterocycles. The second kappa shape index (κ2) is 6.46. The Balaban J connectivity index is 1.92. The van der Waals surface area contributed by atoms with Crippen molar-refractivity contribution in [3.05, 3.63) is 55.9 Å². The second-order valence-electron chi connectivity index (χ2n) is 5.82. The molecule has 2 heterocycles. The first-order valence-corrected chi connectivity index (χ1v) is 7.78. The molecule has 1 amide bonds. The van der Waals surface area contributed by atoms with Crippen molar-refractivity contribution in [2.75, 3.05) is 20.8 Å². The summed E-state index contributed by atoms with van der Waals surface area (Å²) in [5.41, 5.74) is 0.815. The van der Waals surface area contributed by atoms with E-state index in [1.165, 1.54) is 13.2 Å². The van der Waals surface area contributed by atoms with Crippen molar-refractivity contribution < 1.29 is 14.3 Å². The number of carbonyl (C=O) groups is 1. The molecule has 1 aromatic heterocycles. The van der Waals surface area contributed by atoms with Gasteiger partial charge < -0.3 is 19.4 Å². The first-order chi connectivity index (χ1) is 12.0. The molecule has 0 radical (unpaired) electrons. The number of benzene rings is 1. The van der Waals surface area contributed by atoms with Gasteiger partial charge in [-0.15, -0.1) is 0 Å². The molecule has 8 nitrogen and oxygen atoms in total. The molecule has 0 fully saturated rings. The molecule has 0 saturated carbocycles. The summed E-state index contributed by atoms with van der Waals surface area (Å²) < 4.78 is 11.5. The van der Waals surface area contributed by atoms with Crippen molar-refractivity contribution in [2.45, 2.75) is 13.0 Å². The van der Waals surface area contributed by atoms with Crippen LogP contribution >= 0.6 is 0 Å². The average molecular weight is 345 g/mol. The Morgan fingerprint density at radius 3 is 2.40 bits per heavy atom. The van der Waals surface area contributed by atoms with Gasteiger partial charge in [0.05, 0.1) is 14.2 Å². The Morgan fingerprint density at radius 2 is 1.76 bits per heavy atom. The van der Waals surface area contributed by atoms with Crippen LogP contribution in [-0.4, -0.2) is 41.1 Å². The molecule has 1 N–H and O–H groups in total. The summed E-state index contributed by atoms with van der Waals surface area (Å²) in [5, 5.41) is 0. The number of H-pyrrole nitrogens is 1. The maximum absolute atomic E-state index is 12.7. The van der Waals surface area contributed by atoms with Crippen LogP contribution in [0, 0.1) is 0 Å². The number of hydrogen-bond donors (Lipinski definition) is 1. The molecule has 1 aliphatic rings. The van der Waals surface area contributed by atoms with E-state index in [0.29, 0.717) is 31.0 Å². The van der Waals surface area contributed by atoms with Gasteiger partial charge in [-0.3, -0.25) is 14.2 Å². The maximum Gasteiger partial charge on any atom is 0.328 e. The Bertz CT molecular complexity index is 944. The number of aromatic nitrogens is 2. The molecular weight excluding hydrogens is 326 g/mol. The number of rotatable bonds is 3. The predicted molar refractivity (Wildman–Crippen MR) is 90.3 cm³/mol. The number of aromatic amines is 1. The van der Waals surface area contributed by atoms with Crippen LogP contribution in [0.3, 0.4) is 0 Å². The zero-order valence-electron chi connectivity index (χ0n) is 14.3. The largest absolute Gasteiger partial charge is 0.493 e. The van der Waals surface area contributed by atoms with E-state index in [1.54, 1.807) is 19.1 Å². The van der Waals surface area contributed by atoms with Gasteiger partial charge in [0.25, 0.3) is 11.5 Å². The highest BCUT2D eigenvalue weighted by molar-refractivity contribution is 5.93. The second-order valence-corrected chi connectivity index (χ2v) is 5.82. The molecular formula is C17H19N3O5. The fourth-order valence-corrected chi connectivity index (χ4v) is 2.95. The molecule has 8 heteroatoms. The first kappa shape index (κ1) is 16.8. The lowest BCUT2D eigenvalue weighted by atomic mass is 9.98. The fraction of sp³-hybridized carbons (Fsp3) is 0.353. The average Bonchev–Trinajstić information content (AvgIpc) is 2.64. The van der Waals surface area contributed by atoms with Crippen LogP contribution in [0.5, 0.6) is 11.5 Å². The number of nitrogens with one attached hydrogen (secondary N) is 1. The summed E-state index contributed by atoms with van der Waals surface area (Å²) >= 11 is 0. The van der Waals surface area contributed by atoms with Gasteiger partial charge in [0.1, 0.15) is 5.56 Å². The van der Waals surface area contributed by atoms with Crippen molar-refractivity contribution in [1.29, 1.82) is 0 Å². The van der Waals surface area contributed by atoms with Crippen molar-refractivity contribution in [3.63, 3.8) is 0 Å². The molecule has 132 valence electrons. The first-order valence-electron chi connectivity index (χ1n) is 7.78. The summed E-state index contributed by atoms with van der Waals surface area (Å²) in [6.07, 6.45) is 1.82. The molecule has 2 aromatic rings. The normalized spacial score (nSPS) is 13.3. The SMILES string of the molecule is COc1cc2c(cc1OC)CN(C(=O)c1c[nH]c(=O)n(C)c1=O)CC2. The molecule has 3 rings (SSSR count). The highest BCUT2D eigenvalue weighted by atomic mass is 16.5. The third-order valence-electron chi connectivity index (χ3n) is 4.42. The van der Waals surface area contributed by atoms with Crippen molar-refractivity contribution in [3.8, 4) is 11.5 Å². The van der Waals surface area contributed by atoms with Crippen LogP contribution in [0.4, 0.5) is 0 Å². The number of nitrogens with zero attached hydrogens (tertiary/aromatic N) is 2. The van der Waals surface area contributed by atoms with Gasteiger partial charge in [-0.1, -0.05) is 0 Å². The molecule has 0 bridgehead atoms. The quantitative estimate of drug-likeness (QED) is 0.863. The minimum Gasteiger partial charge on any atom is -0.493 e. The molecule has 0 aliphatic carbocycles. The van der Waals surface area contributed by atoms with E-state index in [0.717, 1.165) is 15.7 Å². The lowest BCUT2D eigenvalue weighted by molar-refractivity contribution is 0.0731. The summed E-state index contributed by atoms with van der Waals surface area (Å²) in [7, 11) is 4.47. The monoisotopic (exact) mass is 345 g/mol. The number of ether oxygens (including phenoxy) is 2. The zero-order valence-corrected chi connectivity index (χ0v) is 14.3. The molecule has 0 saturated heterocycles. The molecule has 25 heavy (non-hydrogen) atoms. The van der Waals surface area contributed by atoms with Crippen LogP contribution in [-0.2, 0) is 20.0 Å². The Morgan fingerprint density at radius 1 is 1.12 bits per heavy atom. The minimum atomic E-state index is -0.605.